The quantitative estimate of drug-likeness (QED) is 0.490. The number of aromatic nitrogens is 2. The molecule has 0 saturated heterocycles. The van der Waals surface area contributed by atoms with E-state index in [2.05, 4.69) is 0 Å². The summed E-state index contributed by atoms with van der Waals surface area (Å²) in [5.74, 6) is -1.22. The van der Waals surface area contributed by atoms with Crippen LogP contribution in [0.4, 0.5) is 0 Å². The lowest BCUT2D eigenvalue weighted by atomic mass is 10.0. The van der Waals surface area contributed by atoms with Crippen molar-refractivity contribution in [3.05, 3.63) is 108 Å². The number of aliphatic carboxylic acids is 1. The molecule has 0 aliphatic carbocycles. The number of carbonyl (C=O) groups excluding carboxylic acids is 1. The molecule has 0 N–H and O–H groups in total. The van der Waals surface area contributed by atoms with E-state index in [4.69, 9.17) is 5.10 Å². The van der Waals surface area contributed by atoms with E-state index in [0.717, 1.165) is 16.8 Å². The van der Waals surface area contributed by atoms with Crippen molar-refractivity contribution >= 4 is 17.6 Å². The molecule has 0 amide bonds. The van der Waals surface area contributed by atoms with E-state index in [1.807, 2.05) is 73.8 Å². The van der Waals surface area contributed by atoms with Crippen LogP contribution in [0, 0.1) is 6.92 Å². The Balaban J connectivity index is 1.89. The van der Waals surface area contributed by atoms with E-state index in [-0.39, 0.29) is 5.57 Å². The van der Waals surface area contributed by atoms with Gasteiger partial charge in [0.2, 0.25) is 0 Å². The van der Waals surface area contributed by atoms with Gasteiger partial charge in [-0.3, -0.25) is 0 Å². The number of benzene rings is 3. The van der Waals surface area contributed by atoms with Gasteiger partial charge in [-0.1, -0.05) is 78.4 Å². The third kappa shape index (κ3) is 4.01. The molecule has 0 spiro atoms. The van der Waals surface area contributed by atoms with Crippen LogP contribution in [-0.2, 0) is 4.79 Å². The first-order chi connectivity index (χ1) is 14.1. The second kappa shape index (κ2) is 7.98. The zero-order valence-corrected chi connectivity index (χ0v) is 15.9. The maximum absolute atomic E-state index is 11.9. The summed E-state index contributed by atoms with van der Waals surface area (Å²) in [4.78, 5) is 11.9. The van der Waals surface area contributed by atoms with Crippen LogP contribution < -0.4 is 5.11 Å². The molecule has 0 atom stereocenters. The normalized spacial score (nSPS) is 11.4. The van der Waals surface area contributed by atoms with Gasteiger partial charge in [-0.05, 0) is 30.7 Å². The average Bonchev–Trinajstić information content (AvgIpc) is 3.17. The number of carboxylic acid groups (broad SMARTS) is 1. The lowest BCUT2D eigenvalue weighted by Crippen LogP contribution is -2.23. The molecule has 4 nitrogen and oxygen atoms in total. The number of hydrogen-bond acceptors (Lipinski definition) is 3. The van der Waals surface area contributed by atoms with Gasteiger partial charge < -0.3 is 9.90 Å². The van der Waals surface area contributed by atoms with Gasteiger partial charge in [0.05, 0.1) is 17.4 Å². The fourth-order valence-electron chi connectivity index (χ4n) is 3.18. The Morgan fingerprint density at radius 1 is 0.897 bits per heavy atom. The lowest BCUT2D eigenvalue weighted by molar-refractivity contribution is -0.295. The van der Waals surface area contributed by atoms with E-state index in [9.17, 15) is 9.90 Å². The first-order valence-corrected chi connectivity index (χ1v) is 9.32. The van der Waals surface area contributed by atoms with Gasteiger partial charge in [0.15, 0.2) is 0 Å². The molecule has 0 saturated carbocycles. The third-order valence-corrected chi connectivity index (χ3v) is 4.69. The van der Waals surface area contributed by atoms with Crippen LogP contribution >= 0.6 is 0 Å². The summed E-state index contributed by atoms with van der Waals surface area (Å²) < 4.78 is 1.76. The van der Waals surface area contributed by atoms with Crippen molar-refractivity contribution in [1.82, 2.24) is 9.78 Å². The predicted octanol–water partition coefficient (Wildman–Crippen LogP) is 4.14. The number of nitrogens with zero attached hydrogens (tertiary/aromatic N) is 2. The highest BCUT2D eigenvalue weighted by atomic mass is 16.4. The summed E-state index contributed by atoms with van der Waals surface area (Å²) in [5, 5.41) is 16.6. The van der Waals surface area contributed by atoms with Crippen LogP contribution in [0.15, 0.2) is 91.1 Å². The molecule has 1 aromatic heterocycles. The molecule has 0 unspecified atom stereocenters. The minimum Gasteiger partial charge on any atom is -0.545 e. The number of para-hydroxylation sites is 1. The van der Waals surface area contributed by atoms with Gasteiger partial charge in [0, 0.05) is 22.9 Å². The highest BCUT2D eigenvalue weighted by Gasteiger charge is 2.13. The summed E-state index contributed by atoms with van der Waals surface area (Å²) in [5.41, 5.74) is 5.09. The van der Waals surface area contributed by atoms with Crippen LogP contribution in [0.3, 0.4) is 0 Å². The maximum atomic E-state index is 11.9. The largest absolute Gasteiger partial charge is 0.545 e. The van der Waals surface area contributed by atoms with Crippen LogP contribution in [0.2, 0.25) is 0 Å². The first-order valence-electron chi connectivity index (χ1n) is 9.32. The smallest absolute Gasteiger partial charge is 0.1000 e. The number of aryl methyl sites for hydroxylation is 1. The zero-order chi connectivity index (χ0) is 20.2. The molecular formula is C25H19N2O2-. The second-order valence-corrected chi connectivity index (χ2v) is 6.79. The van der Waals surface area contributed by atoms with Crippen molar-refractivity contribution in [3.8, 4) is 16.9 Å². The highest BCUT2D eigenvalue weighted by molar-refractivity contribution is 6.20. The Kier molecular flexibility index (Phi) is 5.08. The molecule has 0 radical (unpaired) electrons. The number of carbonyl (C=O) groups is 1. The van der Waals surface area contributed by atoms with Gasteiger partial charge in [0.25, 0.3) is 0 Å². The third-order valence-electron chi connectivity index (χ3n) is 4.69. The molecule has 4 heteroatoms. The van der Waals surface area contributed by atoms with Crippen LogP contribution in [0.5, 0.6) is 0 Å². The van der Waals surface area contributed by atoms with E-state index in [0.29, 0.717) is 16.8 Å². The Morgan fingerprint density at radius 2 is 1.52 bits per heavy atom. The minimum absolute atomic E-state index is 0.117. The van der Waals surface area contributed by atoms with E-state index in [1.165, 1.54) is 0 Å². The van der Waals surface area contributed by atoms with Crippen LogP contribution in [0.1, 0.15) is 16.7 Å². The summed E-state index contributed by atoms with van der Waals surface area (Å²) in [7, 11) is 0. The Morgan fingerprint density at radius 3 is 2.14 bits per heavy atom. The van der Waals surface area contributed by atoms with Crippen LogP contribution in [0.25, 0.3) is 28.6 Å². The van der Waals surface area contributed by atoms with Gasteiger partial charge in [0.1, 0.15) is 0 Å². The fourth-order valence-corrected chi connectivity index (χ4v) is 3.18. The molecule has 1 heterocycles. The standard InChI is InChI=1S/C25H20N2O2/c1-18-12-14-20(15-13-18)24-21(17-27(26-24)22-10-6-3-7-11-22)16-23(25(28)29)19-8-4-2-5-9-19/h2-17H,1H3,(H,28,29)/p-1/b23-16-. The van der Waals surface area contributed by atoms with Gasteiger partial charge in [-0.15, -0.1) is 0 Å². The molecule has 0 aliphatic rings. The SMILES string of the molecule is Cc1ccc(-c2nn(-c3ccccc3)cc2/C=C(\C(=O)[O-])c2ccccc2)cc1. The monoisotopic (exact) mass is 379 g/mol. The summed E-state index contributed by atoms with van der Waals surface area (Å²) in [6, 6.07) is 26.7. The molecular weight excluding hydrogens is 360 g/mol. The molecule has 0 aliphatic heterocycles. The van der Waals surface area contributed by atoms with Crippen molar-refractivity contribution in [2.45, 2.75) is 6.92 Å². The summed E-state index contributed by atoms with van der Waals surface area (Å²) >= 11 is 0. The Hall–Kier alpha value is -3.92. The molecule has 4 aromatic rings. The van der Waals surface area contributed by atoms with Gasteiger partial charge >= 0.3 is 0 Å². The number of carboxylic acids is 1. The van der Waals surface area contributed by atoms with Gasteiger partial charge in [-0.25, -0.2) is 4.68 Å². The zero-order valence-electron chi connectivity index (χ0n) is 15.9. The fraction of sp³-hybridized carbons (Fsp3) is 0.0400. The molecule has 29 heavy (non-hydrogen) atoms. The summed E-state index contributed by atoms with van der Waals surface area (Å²) in [6.07, 6.45) is 3.47. The van der Waals surface area contributed by atoms with Crippen molar-refractivity contribution in [1.29, 1.82) is 0 Å². The number of hydrogen-bond donors (Lipinski definition) is 0. The first kappa shape index (κ1) is 18.4. The van der Waals surface area contributed by atoms with Crippen molar-refractivity contribution < 1.29 is 9.90 Å². The topological polar surface area (TPSA) is 58.0 Å². The van der Waals surface area contributed by atoms with Gasteiger partial charge in [-0.2, -0.15) is 5.10 Å². The highest BCUT2D eigenvalue weighted by Crippen LogP contribution is 2.28. The Labute approximate surface area is 169 Å². The Bertz CT molecular complexity index is 1160. The molecule has 142 valence electrons. The molecule has 3 aromatic carbocycles. The van der Waals surface area contributed by atoms with Crippen molar-refractivity contribution in [2.75, 3.05) is 0 Å². The maximum Gasteiger partial charge on any atom is 0.1000 e. The van der Waals surface area contributed by atoms with E-state index >= 15 is 0 Å². The van der Waals surface area contributed by atoms with Crippen molar-refractivity contribution in [2.24, 2.45) is 0 Å². The molecule has 0 fully saturated rings. The summed E-state index contributed by atoms with van der Waals surface area (Å²) in [6.45, 7) is 2.02. The molecule has 0 bridgehead atoms. The lowest BCUT2D eigenvalue weighted by Gasteiger charge is -2.09. The van der Waals surface area contributed by atoms with E-state index < -0.39 is 5.97 Å². The van der Waals surface area contributed by atoms with E-state index in [1.54, 1.807) is 35.0 Å². The number of rotatable bonds is 5. The minimum atomic E-state index is -1.22. The molecule has 4 rings (SSSR count). The predicted molar refractivity (Wildman–Crippen MR) is 113 cm³/mol. The van der Waals surface area contributed by atoms with Crippen molar-refractivity contribution in [3.63, 3.8) is 0 Å². The van der Waals surface area contributed by atoms with Crippen LogP contribution in [-0.4, -0.2) is 15.7 Å². The average molecular weight is 379 g/mol. The second-order valence-electron chi connectivity index (χ2n) is 6.79.